The second kappa shape index (κ2) is 21.2. The molecule has 0 fully saturated rings. The summed E-state index contributed by atoms with van der Waals surface area (Å²) in [6.45, 7) is 2.23. The molecule has 1 N–H and O–H groups in total. The molecule has 0 aromatic carbocycles. The minimum atomic E-state index is -0.712. The molecule has 0 atom stereocenters. The van der Waals surface area contributed by atoms with Crippen LogP contribution < -0.4 is 0 Å². The summed E-state index contributed by atoms with van der Waals surface area (Å²) in [7, 11) is 0. The SMILES string of the molecule is CCCCC/C=C\C/C=C\C/C=C\C/C=C\CCCC(=O)O.[H-].[H-].[Mg+2]. The Morgan fingerprint density at radius 2 is 1.22 bits per heavy atom. The normalized spacial score (nSPS) is 11.9. The van der Waals surface area contributed by atoms with E-state index >= 15 is 0 Å². The van der Waals surface area contributed by atoms with Gasteiger partial charge in [0.25, 0.3) is 0 Å². The van der Waals surface area contributed by atoms with Gasteiger partial charge < -0.3 is 7.96 Å². The van der Waals surface area contributed by atoms with Crippen LogP contribution in [0.15, 0.2) is 48.6 Å². The maximum absolute atomic E-state index is 10.3. The zero-order valence-corrected chi connectivity index (χ0v) is 16.2. The molecule has 0 aliphatic heterocycles. The van der Waals surface area contributed by atoms with Crippen LogP contribution in [0.3, 0.4) is 0 Å². The molecule has 0 heterocycles. The van der Waals surface area contributed by atoms with Crippen LogP contribution in [-0.2, 0) is 4.79 Å². The number of carboxylic acid groups (broad SMARTS) is 1. The van der Waals surface area contributed by atoms with E-state index in [1.165, 1.54) is 25.7 Å². The summed E-state index contributed by atoms with van der Waals surface area (Å²) in [5.41, 5.74) is 0. The van der Waals surface area contributed by atoms with Crippen molar-refractivity contribution in [1.29, 1.82) is 0 Å². The molecule has 0 unspecified atom stereocenters. The third kappa shape index (κ3) is 23.6. The Morgan fingerprint density at radius 1 is 0.783 bits per heavy atom. The largest absolute Gasteiger partial charge is 2.00 e. The molecule has 0 radical (unpaired) electrons. The molecule has 0 aromatic heterocycles. The fraction of sp³-hybridized carbons (Fsp3) is 0.550. The van der Waals surface area contributed by atoms with Gasteiger partial charge in [0.05, 0.1) is 0 Å². The molecule has 0 saturated heterocycles. The van der Waals surface area contributed by atoms with Crippen LogP contribution in [0.1, 0.15) is 74.0 Å². The standard InChI is InChI=1S/C20H32O2.Mg.2H/c1-2-3-4-5-6-7-8-9-10-11-12-13-14-15-16-17-18-19-20(21)22;;;/h6-7,9-10,12-13,15-16H,2-5,8,11,14,17-19H2,1H3,(H,21,22);;;/q;+2;2*-1/b7-6-,10-9-,13-12-,16-15-;;;. The van der Waals surface area contributed by atoms with Crippen molar-refractivity contribution in [2.45, 2.75) is 71.1 Å². The van der Waals surface area contributed by atoms with Gasteiger partial charge in [0.2, 0.25) is 0 Å². The molecule has 0 aromatic rings. The quantitative estimate of drug-likeness (QED) is 0.239. The van der Waals surface area contributed by atoms with Gasteiger partial charge >= 0.3 is 29.0 Å². The number of aliphatic carboxylic acids is 1. The molecule has 3 heteroatoms. The van der Waals surface area contributed by atoms with Gasteiger partial charge in [-0.25, -0.2) is 0 Å². The van der Waals surface area contributed by atoms with Crippen molar-refractivity contribution in [2.24, 2.45) is 0 Å². The van der Waals surface area contributed by atoms with Crippen LogP contribution in [0.5, 0.6) is 0 Å². The molecule has 2 nitrogen and oxygen atoms in total. The van der Waals surface area contributed by atoms with E-state index in [9.17, 15) is 4.79 Å². The number of rotatable bonds is 14. The topological polar surface area (TPSA) is 37.3 Å². The van der Waals surface area contributed by atoms with E-state index in [0.717, 1.165) is 32.1 Å². The van der Waals surface area contributed by atoms with E-state index in [-0.39, 0.29) is 32.3 Å². The molecule has 0 aliphatic rings. The summed E-state index contributed by atoms with van der Waals surface area (Å²) in [4.78, 5) is 10.3. The summed E-state index contributed by atoms with van der Waals surface area (Å²) < 4.78 is 0. The van der Waals surface area contributed by atoms with Crippen molar-refractivity contribution in [2.75, 3.05) is 0 Å². The van der Waals surface area contributed by atoms with Gasteiger partial charge in [-0.2, -0.15) is 0 Å². The van der Waals surface area contributed by atoms with Crippen molar-refractivity contribution >= 4 is 29.0 Å². The minimum absolute atomic E-state index is 0. The van der Waals surface area contributed by atoms with Gasteiger partial charge in [-0.3, -0.25) is 4.79 Å². The van der Waals surface area contributed by atoms with Crippen molar-refractivity contribution in [3.8, 4) is 0 Å². The number of hydrogen-bond donors (Lipinski definition) is 1. The summed E-state index contributed by atoms with van der Waals surface area (Å²) in [5.74, 6) is -0.712. The average molecular weight is 331 g/mol. The zero-order valence-electron chi connectivity index (χ0n) is 16.8. The molecule has 0 rings (SSSR count). The van der Waals surface area contributed by atoms with Crippen LogP contribution >= 0.6 is 0 Å². The van der Waals surface area contributed by atoms with Crippen molar-refractivity contribution in [3.05, 3.63) is 48.6 Å². The monoisotopic (exact) mass is 330 g/mol. The molecule has 0 aliphatic carbocycles. The van der Waals surface area contributed by atoms with E-state index in [1.807, 2.05) is 0 Å². The third-order valence-electron chi connectivity index (χ3n) is 3.22. The number of carboxylic acids is 1. The molecule has 0 amide bonds. The Bertz CT molecular complexity index is 378. The predicted molar refractivity (Wildman–Crippen MR) is 104 cm³/mol. The average Bonchev–Trinajstić information content (AvgIpc) is 2.50. The summed E-state index contributed by atoms with van der Waals surface area (Å²) in [6.07, 6.45) is 27.3. The number of hydrogen-bond acceptors (Lipinski definition) is 1. The molecule has 0 bridgehead atoms. The fourth-order valence-electron chi connectivity index (χ4n) is 1.93. The van der Waals surface area contributed by atoms with Gasteiger partial charge in [-0.1, -0.05) is 68.4 Å². The van der Waals surface area contributed by atoms with Crippen LogP contribution in [0.25, 0.3) is 0 Å². The first kappa shape index (κ1) is 24.4. The van der Waals surface area contributed by atoms with Crippen LogP contribution in [0.2, 0.25) is 0 Å². The molecule has 128 valence electrons. The summed E-state index contributed by atoms with van der Waals surface area (Å²) >= 11 is 0. The summed E-state index contributed by atoms with van der Waals surface area (Å²) in [5, 5.41) is 8.49. The van der Waals surface area contributed by atoms with E-state index in [2.05, 4.69) is 55.5 Å². The smallest absolute Gasteiger partial charge is 1.00 e. The minimum Gasteiger partial charge on any atom is -1.00 e. The fourth-order valence-corrected chi connectivity index (χ4v) is 1.93. The predicted octanol–water partition coefficient (Wildman–Crippen LogP) is 6.06. The first-order valence-electron chi connectivity index (χ1n) is 8.59. The molecular weight excluding hydrogens is 297 g/mol. The van der Waals surface area contributed by atoms with Gasteiger partial charge in [0.1, 0.15) is 0 Å². The Labute approximate surface area is 161 Å². The Hall–Kier alpha value is -0.804. The molecule has 23 heavy (non-hydrogen) atoms. The molecule has 0 saturated carbocycles. The van der Waals surface area contributed by atoms with Crippen molar-refractivity contribution in [3.63, 3.8) is 0 Å². The first-order chi connectivity index (χ1) is 10.8. The van der Waals surface area contributed by atoms with Gasteiger partial charge in [-0.15, -0.1) is 0 Å². The maximum Gasteiger partial charge on any atom is 2.00 e. The Morgan fingerprint density at radius 3 is 1.65 bits per heavy atom. The van der Waals surface area contributed by atoms with Crippen molar-refractivity contribution in [1.82, 2.24) is 0 Å². The van der Waals surface area contributed by atoms with E-state index in [0.29, 0.717) is 0 Å². The Kier molecular flexibility index (Phi) is 22.5. The Balaban J connectivity index is -0.000000735. The number of carbonyl (C=O) groups is 1. The van der Waals surface area contributed by atoms with Gasteiger partial charge in [0.15, 0.2) is 0 Å². The summed E-state index contributed by atoms with van der Waals surface area (Å²) in [6, 6.07) is 0. The third-order valence-corrected chi connectivity index (χ3v) is 3.22. The number of allylic oxidation sites excluding steroid dienone is 8. The first-order valence-corrected chi connectivity index (χ1v) is 8.59. The van der Waals surface area contributed by atoms with Crippen LogP contribution in [-0.4, -0.2) is 34.1 Å². The van der Waals surface area contributed by atoms with E-state index < -0.39 is 5.97 Å². The van der Waals surface area contributed by atoms with Crippen LogP contribution in [0, 0.1) is 0 Å². The van der Waals surface area contributed by atoms with E-state index in [1.54, 1.807) is 0 Å². The van der Waals surface area contributed by atoms with Gasteiger partial charge in [-0.05, 0) is 44.9 Å². The van der Waals surface area contributed by atoms with Gasteiger partial charge in [0, 0.05) is 6.42 Å². The maximum atomic E-state index is 10.3. The second-order valence-corrected chi connectivity index (χ2v) is 5.37. The van der Waals surface area contributed by atoms with Crippen LogP contribution in [0.4, 0.5) is 0 Å². The zero-order chi connectivity index (χ0) is 16.3. The van der Waals surface area contributed by atoms with E-state index in [4.69, 9.17) is 5.11 Å². The second-order valence-electron chi connectivity index (χ2n) is 5.37. The van der Waals surface area contributed by atoms with Crippen molar-refractivity contribution < 1.29 is 12.8 Å². The molecule has 0 spiro atoms. The number of unbranched alkanes of at least 4 members (excludes halogenated alkanes) is 4. The molecular formula is C20H34MgO2.